The summed E-state index contributed by atoms with van der Waals surface area (Å²) in [5, 5.41) is 3.82. The third kappa shape index (κ3) is 3.96. The molecule has 0 unspecified atom stereocenters. The zero-order valence-electron chi connectivity index (χ0n) is 12.0. The number of likely N-dealkylation sites (tertiary alicyclic amines) is 1. The molecule has 1 N–H and O–H groups in total. The molecule has 1 aliphatic carbocycles. The number of hydrogen-bond acceptors (Lipinski definition) is 2. The van der Waals surface area contributed by atoms with Crippen molar-refractivity contribution in [1.29, 1.82) is 0 Å². The quantitative estimate of drug-likeness (QED) is 0.765. The summed E-state index contributed by atoms with van der Waals surface area (Å²) in [6, 6.07) is 0.794. The molecular formula is C15H30N2. The molecule has 0 amide bonds. The normalized spacial score (nSPS) is 25.4. The Kier molecular flexibility index (Phi) is 4.48. The SMILES string of the molecule is CCC1(CNC2CCN(CC(C)C)CC2)CC1. The summed E-state index contributed by atoms with van der Waals surface area (Å²) < 4.78 is 0. The number of piperidine rings is 1. The van der Waals surface area contributed by atoms with E-state index in [1.54, 1.807) is 0 Å². The minimum Gasteiger partial charge on any atom is -0.313 e. The zero-order chi connectivity index (χ0) is 12.3. The second-order valence-corrected chi connectivity index (χ2v) is 6.70. The Bertz CT molecular complexity index is 225. The maximum absolute atomic E-state index is 3.82. The molecule has 0 radical (unpaired) electrons. The molecular weight excluding hydrogens is 208 g/mol. The van der Waals surface area contributed by atoms with E-state index >= 15 is 0 Å². The van der Waals surface area contributed by atoms with Crippen LogP contribution in [0.3, 0.4) is 0 Å². The summed E-state index contributed by atoms with van der Waals surface area (Å²) in [6.07, 6.45) is 7.00. The van der Waals surface area contributed by atoms with Crippen molar-refractivity contribution in [3.05, 3.63) is 0 Å². The Hall–Kier alpha value is -0.0800. The predicted octanol–water partition coefficient (Wildman–Crippen LogP) is 2.89. The van der Waals surface area contributed by atoms with Crippen molar-refractivity contribution >= 4 is 0 Å². The van der Waals surface area contributed by atoms with E-state index in [0.717, 1.165) is 12.0 Å². The first-order chi connectivity index (χ1) is 8.13. The van der Waals surface area contributed by atoms with Crippen molar-refractivity contribution in [1.82, 2.24) is 10.2 Å². The van der Waals surface area contributed by atoms with E-state index in [1.807, 2.05) is 0 Å². The van der Waals surface area contributed by atoms with Gasteiger partial charge in [-0.05, 0) is 56.5 Å². The molecule has 0 atom stereocenters. The first-order valence-electron chi connectivity index (χ1n) is 7.59. The van der Waals surface area contributed by atoms with Crippen LogP contribution in [-0.2, 0) is 0 Å². The smallest absolute Gasteiger partial charge is 0.00916 e. The Labute approximate surface area is 107 Å². The highest BCUT2D eigenvalue weighted by Crippen LogP contribution is 2.48. The highest BCUT2D eigenvalue weighted by molar-refractivity contribution is 4.94. The summed E-state index contributed by atoms with van der Waals surface area (Å²) in [6.45, 7) is 12.2. The first-order valence-corrected chi connectivity index (χ1v) is 7.59. The lowest BCUT2D eigenvalue weighted by Gasteiger charge is -2.34. The molecule has 0 spiro atoms. The van der Waals surface area contributed by atoms with Gasteiger partial charge in [0.05, 0.1) is 0 Å². The fraction of sp³-hybridized carbons (Fsp3) is 1.00. The first kappa shape index (κ1) is 13.4. The van der Waals surface area contributed by atoms with Crippen LogP contribution >= 0.6 is 0 Å². The molecule has 0 aromatic heterocycles. The second-order valence-electron chi connectivity index (χ2n) is 6.70. The van der Waals surface area contributed by atoms with Crippen LogP contribution in [0.5, 0.6) is 0 Å². The lowest BCUT2D eigenvalue weighted by Crippen LogP contribution is -2.44. The third-order valence-electron chi connectivity index (χ3n) is 4.68. The Balaban J connectivity index is 1.62. The monoisotopic (exact) mass is 238 g/mol. The number of rotatable bonds is 6. The maximum atomic E-state index is 3.82. The van der Waals surface area contributed by atoms with Crippen molar-refractivity contribution in [3.63, 3.8) is 0 Å². The highest BCUT2D eigenvalue weighted by Gasteiger charge is 2.40. The van der Waals surface area contributed by atoms with Gasteiger partial charge in [-0.3, -0.25) is 0 Å². The molecule has 2 aliphatic rings. The fourth-order valence-electron chi connectivity index (χ4n) is 3.03. The van der Waals surface area contributed by atoms with Crippen molar-refractivity contribution in [2.45, 2.75) is 58.9 Å². The molecule has 1 heterocycles. The van der Waals surface area contributed by atoms with Gasteiger partial charge in [0.2, 0.25) is 0 Å². The van der Waals surface area contributed by atoms with Crippen LogP contribution < -0.4 is 5.32 Å². The Morgan fingerprint density at radius 2 is 1.88 bits per heavy atom. The van der Waals surface area contributed by atoms with Crippen LogP contribution in [0, 0.1) is 11.3 Å². The van der Waals surface area contributed by atoms with Crippen molar-refractivity contribution in [2.75, 3.05) is 26.2 Å². The van der Waals surface area contributed by atoms with Gasteiger partial charge in [0.25, 0.3) is 0 Å². The fourth-order valence-corrected chi connectivity index (χ4v) is 3.03. The summed E-state index contributed by atoms with van der Waals surface area (Å²) >= 11 is 0. The van der Waals surface area contributed by atoms with Crippen molar-refractivity contribution in [3.8, 4) is 0 Å². The van der Waals surface area contributed by atoms with Crippen LogP contribution in [0.2, 0.25) is 0 Å². The van der Waals surface area contributed by atoms with E-state index in [9.17, 15) is 0 Å². The largest absolute Gasteiger partial charge is 0.313 e. The molecule has 2 nitrogen and oxygen atoms in total. The number of hydrogen-bond donors (Lipinski definition) is 1. The molecule has 2 heteroatoms. The van der Waals surface area contributed by atoms with Crippen molar-refractivity contribution in [2.24, 2.45) is 11.3 Å². The number of nitrogens with one attached hydrogen (secondary N) is 1. The van der Waals surface area contributed by atoms with Gasteiger partial charge >= 0.3 is 0 Å². The Morgan fingerprint density at radius 1 is 1.24 bits per heavy atom. The van der Waals surface area contributed by atoms with Crippen LogP contribution in [-0.4, -0.2) is 37.1 Å². The maximum Gasteiger partial charge on any atom is 0.00916 e. The molecule has 1 aliphatic heterocycles. The lowest BCUT2D eigenvalue weighted by molar-refractivity contribution is 0.176. The molecule has 100 valence electrons. The van der Waals surface area contributed by atoms with Crippen LogP contribution in [0.4, 0.5) is 0 Å². The third-order valence-corrected chi connectivity index (χ3v) is 4.68. The van der Waals surface area contributed by atoms with Gasteiger partial charge in [-0.2, -0.15) is 0 Å². The predicted molar refractivity (Wildman–Crippen MR) is 74.3 cm³/mol. The second kappa shape index (κ2) is 5.71. The van der Waals surface area contributed by atoms with Gasteiger partial charge in [-0.25, -0.2) is 0 Å². The van der Waals surface area contributed by atoms with E-state index in [0.29, 0.717) is 5.41 Å². The molecule has 2 rings (SSSR count). The zero-order valence-corrected chi connectivity index (χ0v) is 12.0. The van der Waals surface area contributed by atoms with E-state index in [-0.39, 0.29) is 0 Å². The van der Waals surface area contributed by atoms with Crippen LogP contribution in [0.25, 0.3) is 0 Å². The van der Waals surface area contributed by atoms with Gasteiger partial charge in [-0.15, -0.1) is 0 Å². The van der Waals surface area contributed by atoms with Gasteiger partial charge in [0.1, 0.15) is 0 Å². The van der Waals surface area contributed by atoms with Gasteiger partial charge in [0.15, 0.2) is 0 Å². The van der Waals surface area contributed by atoms with Crippen LogP contribution in [0.1, 0.15) is 52.9 Å². The topological polar surface area (TPSA) is 15.3 Å². The molecule has 17 heavy (non-hydrogen) atoms. The summed E-state index contributed by atoms with van der Waals surface area (Å²) in [4.78, 5) is 2.63. The lowest BCUT2D eigenvalue weighted by atomic mass is 10.00. The summed E-state index contributed by atoms with van der Waals surface area (Å²) in [7, 11) is 0. The molecule has 0 aromatic rings. The molecule has 1 saturated heterocycles. The van der Waals surface area contributed by atoms with Gasteiger partial charge < -0.3 is 10.2 Å². The average Bonchev–Trinajstić information content (AvgIpc) is 3.08. The molecule has 1 saturated carbocycles. The molecule has 0 bridgehead atoms. The van der Waals surface area contributed by atoms with Gasteiger partial charge in [0, 0.05) is 19.1 Å². The molecule has 0 aromatic carbocycles. The van der Waals surface area contributed by atoms with E-state index < -0.39 is 0 Å². The Morgan fingerprint density at radius 3 is 2.35 bits per heavy atom. The van der Waals surface area contributed by atoms with Crippen molar-refractivity contribution < 1.29 is 0 Å². The standard InChI is InChI=1S/C15H30N2/c1-4-15(7-8-15)12-16-14-5-9-17(10-6-14)11-13(2)3/h13-14,16H,4-12H2,1-3H3. The average molecular weight is 238 g/mol. The highest BCUT2D eigenvalue weighted by atomic mass is 15.1. The number of nitrogens with zero attached hydrogens (tertiary/aromatic N) is 1. The van der Waals surface area contributed by atoms with E-state index in [2.05, 4.69) is 31.0 Å². The minimum absolute atomic E-state index is 0.703. The minimum atomic E-state index is 0.703. The van der Waals surface area contributed by atoms with E-state index in [4.69, 9.17) is 0 Å². The molecule has 2 fully saturated rings. The van der Waals surface area contributed by atoms with E-state index in [1.165, 1.54) is 58.3 Å². The summed E-state index contributed by atoms with van der Waals surface area (Å²) in [5.41, 5.74) is 0.703. The van der Waals surface area contributed by atoms with Gasteiger partial charge in [-0.1, -0.05) is 20.8 Å². The summed E-state index contributed by atoms with van der Waals surface area (Å²) in [5.74, 6) is 0.814. The van der Waals surface area contributed by atoms with Crippen LogP contribution in [0.15, 0.2) is 0 Å².